The molecule has 134 valence electrons. The molecule has 25 heavy (non-hydrogen) atoms. The van der Waals surface area contributed by atoms with Gasteiger partial charge in [0.05, 0.1) is 0 Å². The first-order valence-corrected chi connectivity index (χ1v) is 8.73. The SMILES string of the molecule is Cn1c(SC(C(=O)N2CCCC2)c2ccccc2)nnc1C(F)(F)F. The van der Waals surface area contributed by atoms with Crippen LogP contribution in [0, 0.1) is 0 Å². The van der Waals surface area contributed by atoms with Crippen molar-refractivity contribution in [2.45, 2.75) is 29.4 Å². The summed E-state index contributed by atoms with van der Waals surface area (Å²) >= 11 is 0.998. The number of hydrogen-bond acceptors (Lipinski definition) is 4. The van der Waals surface area contributed by atoms with E-state index < -0.39 is 17.3 Å². The number of aromatic nitrogens is 3. The minimum Gasteiger partial charge on any atom is -0.341 e. The average Bonchev–Trinajstić information content (AvgIpc) is 3.22. The van der Waals surface area contributed by atoms with Gasteiger partial charge in [-0.15, -0.1) is 10.2 Å². The van der Waals surface area contributed by atoms with Gasteiger partial charge in [-0.1, -0.05) is 42.1 Å². The standard InChI is InChI=1S/C16H17F3N4OS/c1-22-14(16(17,18)19)20-21-15(22)25-12(11-7-3-2-4-8-11)13(24)23-9-5-6-10-23/h2-4,7-8,12H,5-6,9-10H2,1H3. The largest absolute Gasteiger partial charge is 0.451 e. The predicted octanol–water partition coefficient (Wildman–Crippen LogP) is 3.29. The van der Waals surface area contributed by atoms with Crippen molar-refractivity contribution < 1.29 is 18.0 Å². The number of benzene rings is 1. The molecule has 0 spiro atoms. The third-order valence-electron chi connectivity index (χ3n) is 4.06. The summed E-state index contributed by atoms with van der Waals surface area (Å²) in [6.45, 7) is 1.35. The predicted molar refractivity (Wildman–Crippen MR) is 86.9 cm³/mol. The van der Waals surface area contributed by atoms with E-state index in [2.05, 4.69) is 10.2 Å². The Morgan fingerprint density at radius 3 is 2.36 bits per heavy atom. The lowest BCUT2D eigenvalue weighted by molar-refractivity contribution is -0.147. The number of likely N-dealkylation sites (tertiary alicyclic amines) is 1. The van der Waals surface area contributed by atoms with E-state index in [0.717, 1.165) is 34.7 Å². The fraction of sp³-hybridized carbons (Fsp3) is 0.438. The lowest BCUT2D eigenvalue weighted by atomic mass is 10.1. The molecule has 0 radical (unpaired) electrons. The van der Waals surface area contributed by atoms with Gasteiger partial charge >= 0.3 is 6.18 Å². The van der Waals surface area contributed by atoms with Crippen LogP contribution < -0.4 is 0 Å². The van der Waals surface area contributed by atoms with Crippen molar-refractivity contribution in [3.63, 3.8) is 0 Å². The number of amides is 1. The Labute approximate surface area is 147 Å². The second-order valence-corrected chi connectivity index (χ2v) is 6.88. The third kappa shape index (κ3) is 3.81. The van der Waals surface area contributed by atoms with Crippen LogP contribution in [-0.2, 0) is 18.0 Å². The Morgan fingerprint density at radius 2 is 1.80 bits per heavy atom. The van der Waals surface area contributed by atoms with Gasteiger partial charge in [-0.05, 0) is 18.4 Å². The van der Waals surface area contributed by atoms with E-state index in [4.69, 9.17) is 0 Å². The second kappa shape index (κ2) is 7.07. The molecule has 1 atom stereocenters. The van der Waals surface area contributed by atoms with E-state index >= 15 is 0 Å². The Hall–Kier alpha value is -2.03. The van der Waals surface area contributed by atoms with Gasteiger partial charge < -0.3 is 9.47 Å². The maximum atomic E-state index is 12.9. The maximum Gasteiger partial charge on any atom is 0.451 e. The molecule has 2 heterocycles. The van der Waals surface area contributed by atoms with Crippen molar-refractivity contribution in [1.82, 2.24) is 19.7 Å². The molecule has 5 nitrogen and oxygen atoms in total. The molecule has 0 saturated carbocycles. The number of carbonyl (C=O) groups excluding carboxylic acids is 1. The van der Waals surface area contributed by atoms with Gasteiger partial charge in [0.15, 0.2) is 5.16 Å². The molecule has 1 saturated heterocycles. The van der Waals surface area contributed by atoms with Crippen molar-refractivity contribution >= 4 is 17.7 Å². The molecule has 1 fully saturated rings. The normalized spacial score (nSPS) is 16.2. The van der Waals surface area contributed by atoms with Gasteiger partial charge in [-0.3, -0.25) is 4.79 Å². The molecule has 0 N–H and O–H groups in total. The topological polar surface area (TPSA) is 51.0 Å². The van der Waals surface area contributed by atoms with E-state index in [1.165, 1.54) is 7.05 Å². The number of nitrogens with zero attached hydrogens (tertiary/aromatic N) is 4. The minimum absolute atomic E-state index is 0.0636. The third-order valence-corrected chi connectivity index (χ3v) is 5.33. The molecule has 2 aromatic rings. The number of rotatable bonds is 4. The van der Waals surface area contributed by atoms with Crippen LogP contribution in [0.2, 0.25) is 0 Å². The van der Waals surface area contributed by atoms with Crippen LogP contribution in [0.15, 0.2) is 35.5 Å². The first-order chi connectivity index (χ1) is 11.9. The van der Waals surface area contributed by atoms with Crippen molar-refractivity contribution in [2.75, 3.05) is 13.1 Å². The Kier molecular flexibility index (Phi) is 5.03. The van der Waals surface area contributed by atoms with E-state index in [0.29, 0.717) is 13.1 Å². The van der Waals surface area contributed by atoms with Crippen molar-refractivity contribution in [3.05, 3.63) is 41.7 Å². The quantitative estimate of drug-likeness (QED) is 0.775. The van der Waals surface area contributed by atoms with Gasteiger partial charge in [0.1, 0.15) is 5.25 Å². The van der Waals surface area contributed by atoms with Crippen molar-refractivity contribution in [1.29, 1.82) is 0 Å². The average molecular weight is 370 g/mol. The highest BCUT2D eigenvalue weighted by Crippen LogP contribution is 2.38. The minimum atomic E-state index is -4.58. The van der Waals surface area contributed by atoms with Crippen LogP contribution in [0.5, 0.6) is 0 Å². The van der Waals surface area contributed by atoms with Crippen molar-refractivity contribution in [3.8, 4) is 0 Å². The van der Waals surface area contributed by atoms with Crippen LogP contribution in [0.4, 0.5) is 13.2 Å². The molecule has 0 aliphatic carbocycles. The van der Waals surface area contributed by atoms with Crippen LogP contribution in [0.1, 0.15) is 29.5 Å². The van der Waals surface area contributed by atoms with Gasteiger partial charge in [0, 0.05) is 20.1 Å². The van der Waals surface area contributed by atoms with E-state index in [-0.39, 0.29) is 11.1 Å². The van der Waals surface area contributed by atoms with Crippen LogP contribution >= 0.6 is 11.8 Å². The van der Waals surface area contributed by atoms with E-state index in [1.54, 1.807) is 29.2 Å². The highest BCUT2D eigenvalue weighted by atomic mass is 32.2. The lowest BCUT2D eigenvalue weighted by Crippen LogP contribution is -2.31. The van der Waals surface area contributed by atoms with Crippen molar-refractivity contribution in [2.24, 2.45) is 7.05 Å². The molecule has 1 aliphatic rings. The molecule has 1 aromatic heterocycles. The zero-order chi connectivity index (χ0) is 18.0. The molecule has 1 aromatic carbocycles. The summed E-state index contributed by atoms with van der Waals surface area (Å²) in [5.74, 6) is -1.18. The summed E-state index contributed by atoms with van der Waals surface area (Å²) < 4.78 is 39.6. The molecule has 3 rings (SSSR count). The molecule has 1 unspecified atom stereocenters. The maximum absolute atomic E-state index is 12.9. The van der Waals surface area contributed by atoms with Gasteiger partial charge in [0.2, 0.25) is 11.7 Å². The van der Waals surface area contributed by atoms with Gasteiger partial charge in [0.25, 0.3) is 0 Å². The highest BCUT2D eigenvalue weighted by Gasteiger charge is 2.38. The first-order valence-electron chi connectivity index (χ1n) is 7.85. The Morgan fingerprint density at radius 1 is 1.16 bits per heavy atom. The fourth-order valence-electron chi connectivity index (χ4n) is 2.76. The van der Waals surface area contributed by atoms with Gasteiger partial charge in [-0.25, -0.2) is 0 Å². The summed E-state index contributed by atoms with van der Waals surface area (Å²) in [5, 5.41) is 6.29. The number of carbonyl (C=O) groups is 1. The monoisotopic (exact) mass is 370 g/mol. The van der Waals surface area contributed by atoms with E-state index in [1.807, 2.05) is 6.07 Å². The van der Waals surface area contributed by atoms with Crippen LogP contribution in [0.25, 0.3) is 0 Å². The summed E-state index contributed by atoms with van der Waals surface area (Å²) in [6.07, 6.45) is -2.69. The highest BCUT2D eigenvalue weighted by molar-refractivity contribution is 8.00. The van der Waals surface area contributed by atoms with Gasteiger partial charge in [-0.2, -0.15) is 13.2 Å². The fourth-order valence-corrected chi connectivity index (χ4v) is 3.85. The smallest absolute Gasteiger partial charge is 0.341 e. The summed E-state index contributed by atoms with van der Waals surface area (Å²) in [4.78, 5) is 14.6. The van der Waals surface area contributed by atoms with Crippen LogP contribution in [-0.4, -0.2) is 38.7 Å². The van der Waals surface area contributed by atoms with E-state index in [9.17, 15) is 18.0 Å². The molecule has 9 heteroatoms. The lowest BCUT2D eigenvalue weighted by Gasteiger charge is -2.22. The number of thioether (sulfide) groups is 1. The summed E-state index contributed by atoms with van der Waals surface area (Å²) in [6, 6.07) is 9.03. The molecule has 0 bridgehead atoms. The zero-order valence-electron chi connectivity index (χ0n) is 13.5. The summed E-state index contributed by atoms with van der Waals surface area (Å²) in [7, 11) is 1.26. The second-order valence-electron chi connectivity index (χ2n) is 5.80. The molecule has 1 amide bonds. The zero-order valence-corrected chi connectivity index (χ0v) is 14.3. The molecular weight excluding hydrogens is 353 g/mol. The van der Waals surface area contributed by atoms with Crippen LogP contribution in [0.3, 0.4) is 0 Å². The molecule has 1 aliphatic heterocycles. The Balaban J connectivity index is 1.90. The molecular formula is C16H17F3N4OS. The number of hydrogen-bond donors (Lipinski definition) is 0. The first kappa shape index (κ1) is 17.8. The number of halogens is 3. The number of alkyl halides is 3. The summed E-state index contributed by atoms with van der Waals surface area (Å²) in [5.41, 5.74) is 0.737. The Bertz CT molecular complexity index is 742.